The molecule has 5 nitrogen and oxygen atoms in total. The van der Waals surface area contributed by atoms with E-state index in [9.17, 15) is 9.18 Å². The van der Waals surface area contributed by atoms with Crippen LogP contribution in [0.5, 0.6) is 11.5 Å². The molecular formula is C24H19FN2O3. The number of halogens is 1. The van der Waals surface area contributed by atoms with E-state index in [4.69, 9.17) is 9.47 Å². The van der Waals surface area contributed by atoms with Gasteiger partial charge in [-0.1, -0.05) is 18.2 Å². The van der Waals surface area contributed by atoms with Crippen LogP contribution in [0.2, 0.25) is 0 Å². The summed E-state index contributed by atoms with van der Waals surface area (Å²) in [6.07, 6.45) is 3.41. The van der Waals surface area contributed by atoms with Gasteiger partial charge < -0.3 is 9.47 Å². The monoisotopic (exact) mass is 402 g/mol. The first-order chi connectivity index (χ1) is 14.6. The first-order valence-corrected chi connectivity index (χ1v) is 9.70. The SMILES string of the molecule is Cc1c2c(cc3c1OC(=Cc1ccc(F)cc1)C3=O)CN(Cc1ccccn1)CO2. The van der Waals surface area contributed by atoms with Gasteiger partial charge >= 0.3 is 0 Å². The topological polar surface area (TPSA) is 51.7 Å². The summed E-state index contributed by atoms with van der Waals surface area (Å²) in [4.78, 5) is 19.4. The van der Waals surface area contributed by atoms with Crippen LogP contribution in [0.3, 0.4) is 0 Å². The van der Waals surface area contributed by atoms with Crippen molar-refractivity contribution in [2.24, 2.45) is 0 Å². The summed E-state index contributed by atoms with van der Waals surface area (Å²) in [6, 6.07) is 13.6. The van der Waals surface area contributed by atoms with E-state index < -0.39 is 0 Å². The molecule has 0 radical (unpaired) electrons. The van der Waals surface area contributed by atoms with Crippen LogP contribution in [-0.4, -0.2) is 22.4 Å². The van der Waals surface area contributed by atoms with Gasteiger partial charge in [-0.05, 0) is 48.9 Å². The molecule has 0 atom stereocenters. The lowest BCUT2D eigenvalue weighted by Crippen LogP contribution is -2.32. The number of rotatable bonds is 3. The zero-order valence-electron chi connectivity index (χ0n) is 16.4. The zero-order chi connectivity index (χ0) is 20.7. The molecule has 3 aromatic rings. The fraction of sp³-hybridized carbons (Fsp3) is 0.167. The van der Waals surface area contributed by atoms with Crippen molar-refractivity contribution in [1.29, 1.82) is 0 Å². The van der Waals surface area contributed by atoms with Crippen LogP contribution in [0.25, 0.3) is 6.08 Å². The Hall–Kier alpha value is -3.51. The van der Waals surface area contributed by atoms with Crippen LogP contribution in [0, 0.1) is 12.7 Å². The largest absolute Gasteiger partial charge is 0.477 e. The summed E-state index contributed by atoms with van der Waals surface area (Å²) >= 11 is 0. The second-order valence-electron chi connectivity index (χ2n) is 7.44. The fourth-order valence-corrected chi connectivity index (χ4v) is 3.83. The predicted octanol–water partition coefficient (Wildman–Crippen LogP) is 4.50. The normalized spacial score (nSPS) is 16.7. The quantitative estimate of drug-likeness (QED) is 0.604. The van der Waals surface area contributed by atoms with E-state index >= 15 is 0 Å². The molecule has 2 aromatic carbocycles. The molecular weight excluding hydrogens is 383 g/mol. The molecule has 0 spiro atoms. The van der Waals surface area contributed by atoms with Crippen molar-refractivity contribution in [3.05, 3.63) is 94.3 Å². The minimum absolute atomic E-state index is 0.179. The van der Waals surface area contributed by atoms with Crippen LogP contribution >= 0.6 is 0 Å². The van der Waals surface area contributed by atoms with Gasteiger partial charge in [0.2, 0.25) is 5.78 Å². The molecule has 6 heteroatoms. The first kappa shape index (κ1) is 18.5. The molecule has 150 valence electrons. The Kier molecular flexibility index (Phi) is 4.56. The number of ketones is 1. The van der Waals surface area contributed by atoms with E-state index in [1.54, 1.807) is 24.4 Å². The number of aromatic nitrogens is 1. The number of carbonyl (C=O) groups is 1. The van der Waals surface area contributed by atoms with Crippen LogP contribution in [0.1, 0.15) is 32.7 Å². The second kappa shape index (κ2) is 7.39. The van der Waals surface area contributed by atoms with E-state index in [-0.39, 0.29) is 17.4 Å². The van der Waals surface area contributed by atoms with E-state index in [2.05, 4.69) is 9.88 Å². The molecule has 0 bridgehead atoms. The lowest BCUT2D eigenvalue weighted by atomic mass is 10.00. The van der Waals surface area contributed by atoms with Crippen LogP contribution in [-0.2, 0) is 13.1 Å². The summed E-state index contributed by atoms with van der Waals surface area (Å²) in [5, 5.41) is 0. The standard InChI is InChI=1S/C24H19FN2O3/c1-15-23-17(12-27(14-29-23)13-19-4-2-3-9-26-19)11-20-22(28)21(30-24(15)20)10-16-5-7-18(25)8-6-16/h2-11H,12-14H2,1H3. The number of fused-ring (bicyclic) bond motifs is 2. The molecule has 0 N–H and O–H groups in total. The molecule has 5 rings (SSSR count). The predicted molar refractivity (Wildman–Crippen MR) is 109 cm³/mol. The van der Waals surface area contributed by atoms with Crippen LogP contribution in [0.4, 0.5) is 4.39 Å². The van der Waals surface area contributed by atoms with Gasteiger partial charge in [-0.15, -0.1) is 0 Å². The number of benzene rings is 2. The number of hydrogen-bond acceptors (Lipinski definition) is 5. The summed E-state index contributed by atoms with van der Waals surface area (Å²) < 4.78 is 25.0. The lowest BCUT2D eigenvalue weighted by Gasteiger charge is -2.30. The maximum Gasteiger partial charge on any atom is 0.231 e. The highest BCUT2D eigenvalue weighted by Crippen LogP contribution is 2.43. The van der Waals surface area contributed by atoms with Gasteiger partial charge in [0.25, 0.3) is 0 Å². The molecule has 2 aliphatic rings. The number of nitrogens with zero attached hydrogens (tertiary/aromatic N) is 2. The van der Waals surface area contributed by atoms with Crippen LogP contribution in [0.15, 0.2) is 60.5 Å². The highest BCUT2D eigenvalue weighted by molar-refractivity contribution is 6.15. The Balaban J connectivity index is 1.43. The van der Waals surface area contributed by atoms with Crippen molar-refractivity contribution in [3.63, 3.8) is 0 Å². The van der Waals surface area contributed by atoms with E-state index in [0.29, 0.717) is 36.7 Å². The van der Waals surface area contributed by atoms with Crippen molar-refractivity contribution in [3.8, 4) is 11.5 Å². The number of pyridine rings is 1. The van der Waals surface area contributed by atoms with Crippen molar-refractivity contribution >= 4 is 11.9 Å². The van der Waals surface area contributed by atoms with Gasteiger partial charge in [-0.2, -0.15) is 0 Å². The minimum atomic E-state index is -0.324. The fourth-order valence-electron chi connectivity index (χ4n) is 3.83. The van der Waals surface area contributed by atoms with Crippen molar-refractivity contribution < 1.29 is 18.7 Å². The van der Waals surface area contributed by atoms with E-state index in [0.717, 1.165) is 22.6 Å². The molecule has 0 fully saturated rings. The summed E-state index contributed by atoms with van der Waals surface area (Å²) in [5.41, 5.74) is 3.96. The Morgan fingerprint density at radius 2 is 2.00 bits per heavy atom. The van der Waals surface area contributed by atoms with Gasteiger partial charge in [0.05, 0.1) is 11.3 Å². The molecule has 0 saturated carbocycles. The molecule has 2 aliphatic heterocycles. The first-order valence-electron chi connectivity index (χ1n) is 9.70. The van der Waals surface area contributed by atoms with Crippen molar-refractivity contribution in [2.45, 2.75) is 20.0 Å². The zero-order valence-corrected chi connectivity index (χ0v) is 16.4. The van der Waals surface area contributed by atoms with Gasteiger partial charge in [0.15, 0.2) is 5.76 Å². The third-order valence-electron chi connectivity index (χ3n) is 5.28. The van der Waals surface area contributed by atoms with Crippen molar-refractivity contribution in [2.75, 3.05) is 6.73 Å². The molecule has 0 unspecified atom stereocenters. The molecule has 3 heterocycles. The number of Topliss-reactive ketones (excluding diaryl/α,β-unsaturated/α-hetero) is 1. The Morgan fingerprint density at radius 3 is 2.77 bits per heavy atom. The third-order valence-corrected chi connectivity index (χ3v) is 5.28. The smallest absolute Gasteiger partial charge is 0.231 e. The highest BCUT2D eigenvalue weighted by Gasteiger charge is 2.33. The molecule has 30 heavy (non-hydrogen) atoms. The van der Waals surface area contributed by atoms with Gasteiger partial charge in [0, 0.05) is 30.4 Å². The molecule has 0 aliphatic carbocycles. The number of hydrogen-bond donors (Lipinski definition) is 0. The average molecular weight is 402 g/mol. The van der Waals surface area contributed by atoms with E-state index in [1.807, 2.05) is 31.2 Å². The number of carbonyl (C=O) groups excluding carboxylic acids is 1. The third kappa shape index (κ3) is 3.35. The molecule has 0 amide bonds. The summed E-state index contributed by atoms with van der Waals surface area (Å²) in [6.45, 7) is 3.66. The maximum atomic E-state index is 13.1. The van der Waals surface area contributed by atoms with Gasteiger partial charge in [-0.3, -0.25) is 14.7 Å². The minimum Gasteiger partial charge on any atom is -0.477 e. The van der Waals surface area contributed by atoms with Gasteiger partial charge in [0.1, 0.15) is 24.0 Å². The van der Waals surface area contributed by atoms with Gasteiger partial charge in [-0.25, -0.2) is 4.39 Å². The number of allylic oxidation sites excluding steroid dienone is 1. The van der Waals surface area contributed by atoms with Crippen LogP contribution < -0.4 is 9.47 Å². The number of ether oxygens (including phenoxy) is 2. The Morgan fingerprint density at radius 1 is 1.17 bits per heavy atom. The maximum absolute atomic E-state index is 13.1. The summed E-state index contributed by atoms with van der Waals surface area (Å²) in [5.74, 6) is 1.02. The summed E-state index contributed by atoms with van der Waals surface area (Å²) in [7, 11) is 0. The van der Waals surface area contributed by atoms with E-state index in [1.165, 1.54) is 12.1 Å². The lowest BCUT2D eigenvalue weighted by molar-refractivity contribution is 0.0865. The second-order valence-corrected chi connectivity index (χ2v) is 7.44. The Bertz CT molecular complexity index is 1160. The van der Waals surface area contributed by atoms with Crippen molar-refractivity contribution in [1.82, 2.24) is 9.88 Å². The average Bonchev–Trinajstić information content (AvgIpc) is 3.06. The highest BCUT2D eigenvalue weighted by atomic mass is 19.1. The molecule has 0 saturated heterocycles. The molecule has 1 aromatic heterocycles. The Labute approximate surface area is 173 Å².